The lowest BCUT2D eigenvalue weighted by Gasteiger charge is -2.19. The molecule has 2 aromatic carbocycles. The van der Waals surface area contributed by atoms with Crippen LogP contribution < -0.4 is 5.32 Å². The molecule has 0 heterocycles. The number of benzene rings is 2. The van der Waals surface area contributed by atoms with Crippen LogP contribution in [0.3, 0.4) is 0 Å². The Hall–Kier alpha value is -3.28. The van der Waals surface area contributed by atoms with E-state index in [-0.39, 0.29) is 23.6 Å². The normalized spacial score (nSPS) is 13.5. The van der Waals surface area contributed by atoms with E-state index >= 15 is 0 Å². The van der Waals surface area contributed by atoms with Gasteiger partial charge in [0.2, 0.25) is 0 Å². The van der Waals surface area contributed by atoms with Crippen LogP contribution in [0, 0.1) is 5.92 Å². The summed E-state index contributed by atoms with van der Waals surface area (Å²) in [5.41, 5.74) is 1.64. The first-order valence-electron chi connectivity index (χ1n) is 9.60. The SMILES string of the molecule is CC(C)CCC(=O)O[C@H](C)C(=O)Nc1ccc2c(c1)C(=O)c1ccccc1C2=O. The molecule has 2 aromatic rings. The monoisotopic (exact) mass is 393 g/mol. The summed E-state index contributed by atoms with van der Waals surface area (Å²) < 4.78 is 5.16. The van der Waals surface area contributed by atoms with E-state index in [1.807, 2.05) is 13.8 Å². The standard InChI is InChI=1S/C23H23NO5/c1-13(2)8-11-20(25)29-14(3)23(28)24-15-9-10-18-19(12-15)22(27)17-7-5-4-6-16(17)21(18)26/h4-7,9-10,12-14H,8,11H2,1-3H3,(H,24,28)/t14-/m1/s1. The van der Waals surface area contributed by atoms with Crippen molar-refractivity contribution in [3.63, 3.8) is 0 Å². The first-order valence-corrected chi connectivity index (χ1v) is 9.60. The van der Waals surface area contributed by atoms with Gasteiger partial charge in [-0.3, -0.25) is 19.2 Å². The number of rotatable bonds is 6. The van der Waals surface area contributed by atoms with Crippen molar-refractivity contribution >= 4 is 29.1 Å². The highest BCUT2D eigenvalue weighted by atomic mass is 16.5. The molecule has 0 aromatic heterocycles. The highest BCUT2D eigenvalue weighted by Crippen LogP contribution is 2.29. The molecule has 1 amide bonds. The van der Waals surface area contributed by atoms with Gasteiger partial charge < -0.3 is 10.1 Å². The average molecular weight is 393 g/mol. The number of carbonyl (C=O) groups is 4. The molecule has 3 rings (SSSR count). The molecule has 0 spiro atoms. The number of ketones is 2. The van der Waals surface area contributed by atoms with Crippen LogP contribution in [0.1, 0.15) is 65.5 Å². The van der Waals surface area contributed by atoms with Crippen molar-refractivity contribution < 1.29 is 23.9 Å². The van der Waals surface area contributed by atoms with Crippen LogP contribution in [0.2, 0.25) is 0 Å². The molecule has 0 bridgehead atoms. The summed E-state index contributed by atoms with van der Waals surface area (Å²) in [6, 6.07) is 11.2. The lowest BCUT2D eigenvalue weighted by atomic mass is 9.84. The van der Waals surface area contributed by atoms with Crippen LogP contribution in [0.5, 0.6) is 0 Å². The van der Waals surface area contributed by atoms with Crippen LogP contribution in [-0.2, 0) is 14.3 Å². The van der Waals surface area contributed by atoms with Gasteiger partial charge in [0.25, 0.3) is 5.91 Å². The van der Waals surface area contributed by atoms with Gasteiger partial charge >= 0.3 is 5.97 Å². The Balaban J connectivity index is 1.72. The van der Waals surface area contributed by atoms with Crippen molar-refractivity contribution in [1.29, 1.82) is 0 Å². The topological polar surface area (TPSA) is 89.5 Å². The predicted molar refractivity (Wildman–Crippen MR) is 108 cm³/mol. The van der Waals surface area contributed by atoms with Gasteiger partial charge in [-0.2, -0.15) is 0 Å². The molecular formula is C23H23NO5. The van der Waals surface area contributed by atoms with Crippen LogP contribution in [0.25, 0.3) is 0 Å². The lowest BCUT2D eigenvalue weighted by Crippen LogP contribution is -2.30. The molecule has 1 aliphatic carbocycles. The summed E-state index contributed by atoms with van der Waals surface area (Å²) in [7, 11) is 0. The van der Waals surface area contributed by atoms with E-state index in [0.29, 0.717) is 34.7 Å². The van der Waals surface area contributed by atoms with Gasteiger partial charge in [0.05, 0.1) is 0 Å². The third kappa shape index (κ3) is 4.42. The van der Waals surface area contributed by atoms with Gasteiger partial charge in [0.15, 0.2) is 17.7 Å². The fourth-order valence-electron chi connectivity index (χ4n) is 3.14. The maximum absolute atomic E-state index is 12.8. The number of amides is 1. The average Bonchev–Trinajstić information content (AvgIpc) is 2.70. The maximum atomic E-state index is 12.8. The molecule has 0 saturated carbocycles. The molecule has 0 aliphatic heterocycles. The molecule has 29 heavy (non-hydrogen) atoms. The summed E-state index contributed by atoms with van der Waals surface area (Å²) >= 11 is 0. The number of esters is 1. The second-order valence-corrected chi connectivity index (χ2v) is 7.52. The molecule has 150 valence electrons. The minimum Gasteiger partial charge on any atom is -0.453 e. The summed E-state index contributed by atoms with van der Waals surface area (Å²) in [5, 5.41) is 2.64. The highest BCUT2D eigenvalue weighted by molar-refractivity contribution is 6.28. The fraction of sp³-hybridized carbons (Fsp3) is 0.304. The number of carbonyl (C=O) groups excluding carboxylic acids is 4. The number of hydrogen-bond acceptors (Lipinski definition) is 5. The Kier molecular flexibility index (Phi) is 5.92. The van der Waals surface area contributed by atoms with E-state index in [4.69, 9.17) is 4.74 Å². The van der Waals surface area contributed by atoms with E-state index < -0.39 is 18.0 Å². The van der Waals surface area contributed by atoms with Gasteiger partial charge in [-0.1, -0.05) is 38.1 Å². The van der Waals surface area contributed by atoms with E-state index in [2.05, 4.69) is 5.32 Å². The van der Waals surface area contributed by atoms with Gasteiger partial charge in [-0.05, 0) is 37.5 Å². The van der Waals surface area contributed by atoms with Crippen molar-refractivity contribution in [2.24, 2.45) is 5.92 Å². The zero-order chi connectivity index (χ0) is 21.1. The summed E-state index contributed by atoms with van der Waals surface area (Å²) in [6.45, 7) is 5.50. The van der Waals surface area contributed by atoms with Gasteiger partial charge in [-0.15, -0.1) is 0 Å². The second kappa shape index (κ2) is 8.39. The molecule has 0 saturated heterocycles. The fourth-order valence-corrected chi connectivity index (χ4v) is 3.14. The number of anilines is 1. The molecule has 6 nitrogen and oxygen atoms in total. The minimum absolute atomic E-state index is 0.222. The zero-order valence-electron chi connectivity index (χ0n) is 16.7. The van der Waals surface area contributed by atoms with Gasteiger partial charge in [0.1, 0.15) is 0 Å². The van der Waals surface area contributed by atoms with Crippen molar-refractivity contribution in [3.8, 4) is 0 Å². The number of nitrogens with one attached hydrogen (secondary N) is 1. The Morgan fingerprint density at radius 2 is 1.48 bits per heavy atom. The third-order valence-corrected chi connectivity index (χ3v) is 4.80. The zero-order valence-corrected chi connectivity index (χ0v) is 16.7. The summed E-state index contributed by atoms with van der Waals surface area (Å²) in [4.78, 5) is 49.6. The Morgan fingerprint density at radius 3 is 2.10 bits per heavy atom. The molecule has 1 N–H and O–H groups in total. The number of ether oxygens (including phenoxy) is 1. The van der Waals surface area contributed by atoms with Crippen LogP contribution in [0.4, 0.5) is 5.69 Å². The molecule has 0 unspecified atom stereocenters. The Bertz CT molecular complexity index is 993. The largest absolute Gasteiger partial charge is 0.453 e. The van der Waals surface area contributed by atoms with E-state index in [1.165, 1.54) is 19.1 Å². The molecular weight excluding hydrogens is 370 g/mol. The minimum atomic E-state index is -0.969. The summed E-state index contributed by atoms with van der Waals surface area (Å²) in [5.74, 6) is -1.05. The van der Waals surface area contributed by atoms with Crippen LogP contribution in [0.15, 0.2) is 42.5 Å². The predicted octanol–water partition coefficient (Wildman–Crippen LogP) is 3.77. The van der Waals surface area contributed by atoms with E-state index in [9.17, 15) is 19.2 Å². The quantitative estimate of drug-likeness (QED) is 0.644. The Morgan fingerprint density at radius 1 is 0.897 bits per heavy atom. The van der Waals surface area contributed by atoms with Gasteiger partial charge in [0, 0.05) is 34.4 Å². The van der Waals surface area contributed by atoms with E-state index in [0.717, 1.165) is 0 Å². The lowest BCUT2D eigenvalue weighted by molar-refractivity contribution is -0.153. The van der Waals surface area contributed by atoms with Crippen molar-refractivity contribution in [3.05, 3.63) is 64.7 Å². The van der Waals surface area contributed by atoms with E-state index in [1.54, 1.807) is 30.3 Å². The molecule has 0 fully saturated rings. The van der Waals surface area contributed by atoms with Crippen molar-refractivity contribution in [2.75, 3.05) is 5.32 Å². The highest BCUT2D eigenvalue weighted by Gasteiger charge is 2.29. The summed E-state index contributed by atoms with van der Waals surface area (Å²) in [6.07, 6.45) is -0.0245. The van der Waals surface area contributed by atoms with Crippen molar-refractivity contribution in [1.82, 2.24) is 0 Å². The molecule has 1 aliphatic rings. The number of hydrogen-bond donors (Lipinski definition) is 1. The Labute approximate surface area is 169 Å². The maximum Gasteiger partial charge on any atom is 0.306 e. The first kappa shape index (κ1) is 20.5. The van der Waals surface area contributed by atoms with Crippen LogP contribution in [-0.4, -0.2) is 29.5 Å². The van der Waals surface area contributed by atoms with Crippen molar-refractivity contribution in [2.45, 2.75) is 39.7 Å². The first-order chi connectivity index (χ1) is 13.8. The smallest absolute Gasteiger partial charge is 0.306 e. The van der Waals surface area contributed by atoms with Crippen LogP contribution >= 0.6 is 0 Å². The van der Waals surface area contributed by atoms with Gasteiger partial charge in [-0.25, -0.2) is 0 Å². The third-order valence-electron chi connectivity index (χ3n) is 4.80. The molecule has 0 radical (unpaired) electrons. The molecule has 1 atom stereocenters. The number of fused-ring (bicyclic) bond motifs is 2. The molecule has 6 heteroatoms. The second-order valence-electron chi connectivity index (χ2n) is 7.52.